The Bertz CT molecular complexity index is 428. The number of benzene rings is 1. The van der Waals surface area contributed by atoms with Crippen molar-refractivity contribution in [3.05, 3.63) is 35.4 Å². The van der Waals surface area contributed by atoms with Crippen molar-refractivity contribution < 1.29 is 9.59 Å². The number of fused-ring (bicyclic) bond motifs is 1. The summed E-state index contributed by atoms with van der Waals surface area (Å²) < 4.78 is 0. The van der Waals surface area contributed by atoms with Crippen LogP contribution in [0.5, 0.6) is 0 Å². The van der Waals surface area contributed by atoms with Crippen molar-refractivity contribution in [3.63, 3.8) is 0 Å². The molecule has 0 saturated heterocycles. The molecular weight excluding hydrogens is 202 g/mol. The Morgan fingerprint density at radius 1 is 1.38 bits per heavy atom. The average Bonchev–Trinajstić information content (AvgIpc) is 2.28. The van der Waals surface area contributed by atoms with E-state index in [9.17, 15) is 9.59 Å². The lowest BCUT2D eigenvalue weighted by atomic mass is 9.79. The molecule has 0 heterocycles. The van der Waals surface area contributed by atoms with Crippen LogP contribution in [0.1, 0.15) is 24.5 Å². The Balaban J connectivity index is 2.28. The molecule has 84 valence electrons. The molecule has 1 aliphatic carbocycles. The third-order valence-corrected chi connectivity index (χ3v) is 3.12. The summed E-state index contributed by atoms with van der Waals surface area (Å²) in [6.45, 7) is 1.45. The third-order valence-electron chi connectivity index (χ3n) is 3.12. The van der Waals surface area contributed by atoms with Gasteiger partial charge in [0, 0.05) is 13.3 Å². The fourth-order valence-corrected chi connectivity index (χ4v) is 2.35. The Morgan fingerprint density at radius 3 is 2.69 bits per heavy atom. The predicted molar refractivity (Wildman–Crippen MR) is 61.1 cm³/mol. The van der Waals surface area contributed by atoms with E-state index in [1.54, 1.807) is 0 Å². The van der Waals surface area contributed by atoms with E-state index in [4.69, 9.17) is 0 Å². The van der Waals surface area contributed by atoms with Crippen molar-refractivity contribution in [1.29, 1.82) is 0 Å². The SMILES string of the molecule is CC(=O)NC1(C=O)CCc2ccccc2C1. The van der Waals surface area contributed by atoms with Gasteiger partial charge in [0.15, 0.2) is 0 Å². The maximum Gasteiger partial charge on any atom is 0.217 e. The lowest BCUT2D eigenvalue weighted by molar-refractivity contribution is -0.125. The number of carbonyl (C=O) groups is 2. The molecule has 1 aromatic carbocycles. The second-order valence-electron chi connectivity index (χ2n) is 4.40. The minimum atomic E-state index is -0.694. The first-order valence-corrected chi connectivity index (χ1v) is 5.47. The molecule has 2 rings (SSSR count). The monoisotopic (exact) mass is 217 g/mol. The van der Waals surface area contributed by atoms with E-state index in [0.29, 0.717) is 12.8 Å². The van der Waals surface area contributed by atoms with Crippen molar-refractivity contribution >= 4 is 12.2 Å². The summed E-state index contributed by atoms with van der Waals surface area (Å²) >= 11 is 0. The number of rotatable bonds is 2. The number of carbonyl (C=O) groups excluding carboxylic acids is 2. The maximum absolute atomic E-state index is 11.2. The van der Waals surface area contributed by atoms with Gasteiger partial charge in [-0.05, 0) is 24.0 Å². The molecule has 0 saturated carbocycles. The van der Waals surface area contributed by atoms with Crippen molar-refractivity contribution in [2.45, 2.75) is 31.7 Å². The van der Waals surface area contributed by atoms with Crippen molar-refractivity contribution in [2.24, 2.45) is 0 Å². The number of nitrogens with one attached hydrogen (secondary N) is 1. The molecular formula is C13H15NO2. The van der Waals surface area contributed by atoms with Gasteiger partial charge in [-0.3, -0.25) is 4.79 Å². The topological polar surface area (TPSA) is 46.2 Å². The summed E-state index contributed by atoms with van der Waals surface area (Å²) in [7, 11) is 0. The Labute approximate surface area is 94.9 Å². The normalized spacial score (nSPS) is 23.3. The molecule has 1 N–H and O–H groups in total. The largest absolute Gasteiger partial charge is 0.344 e. The molecule has 1 aliphatic rings. The van der Waals surface area contributed by atoms with E-state index in [-0.39, 0.29) is 5.91 Å². The molecule has 1 amide bonds. The molecule has 1 aromatic rings. The van der Waals surface area contributed by atoms with Gasteiger partial charge >= 0.3 is 0 Å². The first-order chi connectivity index (χ1) is 7.65. The fraction of sp³-hybridized carbons (Fsp3) is 0.385. The standard InChI is InChI=1S/C13H15NO2/c1-10(16)14-13(9-15)7-6-11-4-2-3-5-12(11)8-13/h2-5,9H,6-8H2,1H3,(H,14,16). The van der Waals surface area contributed by atoms with Crippen LogP contribution in [0.2, 0.25) is 0 Å². The zero-order chi connectivity index (χ0) is 11.6. The molecule has 0 radical (unpaired) electrons. The van der Waals surface area contributed by atoms with Gasteiger partial charge in [-0.15, -0.1) is 0 Å². The van der Waals surface area contributed by atoms with Crippen LogP contribution in [-0.4, -0.2) is 17.7 Å². The Hall–Kier alpha value is -1.64. The third kappa shape index (κ3) is 1.98. The highest BCUT2D eigenvalue weighted by Gasteiger charge is 2.34. The maximum atomic E-state index is 11.2. The molecule has 0 fully saturated rings. The van der Waals surface area contributed by atoms with E-state index in [0.717, 1.165) is 18.3 Å². The van der Waals surface area contributed by atoms with Crippen molar-refractivity contribution in [2.75, 3.05) is 0 Å². The summed E-state index contributed by atoms with van der Waals surface area (Å²) in [6, 6.07) is 8.07. The van der Waals surface area contributed by atoms with E-state index < -0.39 is 5.54 Å². The molecule has 16 heavy (non-hydrogen) atoms. The lowest BCUT2D eigenvalue weighted by Gasteiger charge is -2.33. The summed E-state index contributed by atoms with van der Waals surface area (Å²) in [5.41, 5.74) is 1.75. The Morgan fingerprint density at radius 2 is 2.06 bits per heavy atom. The van der Waals surface area contributed by atoms with Gasteiger partial charge in [0.1, 0.15) is 6.29 Å². The van der Waals surface area contributed by atoms with Gasteiger partial charge in [-0.1, -0.05) is 24.3 Å². The van der Waals surface area contributed by atoms with Crippen molar-refractivity contribution in [1.82, 2.24) is 5.32 Å². The average molecular weight is 217 g/mol. The van der Waals surface area contributed by atoms with Crippen LogP contribution < -0.4 is 5.32 Å². The minimum Gasteiger partial charge on any atom is -0.344 e. The van der Waals surface area contributed by atoms with Crippen LogP contribution in [0.3, 0.4) is 0 Å². The molecule has 0 aromatic heterocycles. The first-order valence-electron chi connectivity index (χ1n) is 5.47. The molecule has 1 unspecified atom stereocenters. The van der Waals surface area contributed by atoms with Crippen LogP contribution in [0.25, 0.3) is 0 Å². The van der Waals surface area contributed by atoms with E-state index in [1.165, 1.54) is 12.5 Å². The lowest BCUT2D eigenvalue weighted by Crippen LogP contribution is -2.52. The summed E-state index contributed by atoms with van der Waals surface area (Å²) in [5, 5.41) is 2.78. The van der Waals surface area contributed by atoms with Gasteiger partial charge in [0.2, 0.25) is 5.91 Å². The minimum absolute atomic E-state index is 0.147. The molecule has 0 spiro atoms. The summed E-state index contributed by atoms with van der Waals surface area (Å²) in [5.74, 6) is -0.147. The second kappa shape index (κ2) is 4.08. The van der Waals surface area contributed by atoms with Crippen LogP contribution in [-0.2, 0) is 22.4 Å². The number of amides is 1. The Kier molecular flexibility index (Phi) is 2.77. The highest BCUT2D eigenvalue weighted by atomic mass is 16.2. The molecule has 0 bridgehead atoms. The number of hydrogen-bond donors (Lipinski definition) is 1. The van der Waals surface area contributed by atoms with Crippen LogP contribution in [0.15, 0.2) is 24.3 Å². The van der Waals surface area contributed by atoms with Crippen molar-refractivity contribution in [3.8, 4) is 0 Å². The second-order valence-corrected chi connectivity index (χ2v) is 4.40. The van der Waals surface area contributed by atoms with Gasteiger partial charge < -0.3 is 10.1 Å². The van der Waals surface area contributed by atoms with Gasteiger partial charge in [-0.25, -0.2) is 0 Å². The molecule has 0 aliphatic heterocycles. The molecule has 3 nitrogen and oxygen atoms in total. The van der Waals surface area contributed by atoms with Gasteiger partial charge in [0.25, 0.3) is 0 Å². The summed E-state index contributed by atoms with van der Waals surface area (Å²) in [4.78, 5) is 22.3. The molecule has 3 heteroatoms. The zero-order valence-electron chi connectivity index (χ0n) is 9.32. The van der Waals surface area contributed by atoms with E-state index >= 15 is 0 Å². The first kappa shape index (κ1) is 10.9. The van der Waals surface area contributed by atoms with Gasteiger partial charge in [-0.2, -0.15) is 0 Å². The van der Waals surface area contributed by atoms with Gasteiger partial charge in [0.05, 0.1) is 5.54 Å². The number of hydrogen-bond acceptors (Lipinski definition) is 2. The quantitative estimate of drug-likeness (QED) is 0.758. The van der Waals surface area contributed by atoms with E-state index in [2.05, 4.69) is 11.4 Å². The highest BCUT2D eigenvalue weighted by Crippen LogP contribution is 2.27. The summed E-state index contributed by atoms with van der Waals surface area (Å²) in [6.07, 6.45) is 3.01. The fourth-order valence-electron chi connectivity index (χ4n) is 2.35. The van der Waals surface area contributed by atoms with Crippen LogP contribution >= 0.6 is 0 Å². The van der Waals surface area contributed by atoms with Crippen LogP contribution in [0.4, 0.5) is 0 Å². The number of aryl methyl sites for hydroxylation is 1. The zero-order valence-corrected chi connectivity index (χ0v) is 9.32. The van der Waals surface area contributed by atoms with Crippen LogP contribution in [0, 0.1) is 0 Å². The number of aldehydes is 1. The predicted octanol–water partition coefficient (Wildman–Crippen LogP) is 1.25. The van der Waals surface area contributed by atoms with E-state index in [1.807, 2.05) is 18.2 Å². The highest BCUT2D eigenvalue weighted by molar-refractivity contribution is 5.80. The molecule has 1 atom stereocenters. The smallest absolute Gasteiger partial charge is 0.217 e.